The van der Waals surface area contributed by atoms with Crippen LogP contribution in [0.2, 0.25) is 0 Å². The summed E-state index contributed by atoms with van der Waals surface area (Å²) in [7, 11) is 0. The van der Waals surface area contributed by atoms with Gasteiger partial charge in [0.1, 0.15) is 12.2 Å². The molecule has 170 valence electrons. The van der Waals surface area contributed by atoms with Crippen LogP contribution in [0.1, 0.15) is 29.4 Å². The molecule has 0 amide bonds. The van der Waals surface area contributed by atoms with Gasteiger partial charge in [0.2, 0.25) is 0 Å². The number of halogens is 3. The zero-order valence-corrected chi connectivity index (χ0v) is 17.9. The van der Waals surface area contributed by atoms with Crippen molar-refractivity contribution in [2.45, 2.75) is 39.0 Å². The number of nitrogens with one attached hydrogen (secondary N) is 2. The van der Waals surface area contributed by atoms with Crippen LogP contribution in [-0.4, -0.2) is 33.8 Å². The first-order valence-electron chi connectivity index (χ1n) is 10.5. The van der Waals surface area contributed by atoms with Gasteiger partial charge in [-0.05, 0) is 29.7 Å². The van der Waals surface area contributed by atoms with Crippen LogP contribution in [0.15, 0.2) is 65.9 Å². The van der Waals surface area contributed by atoms with Crippen LogP contribution in [0.4, 0.5) is 13.2 Å². The fraction of sp³-hybridized carbons (Fsp3) is 0.348. The molecule has 0 spiro atoms. The van der Waals surface area contributed by atoms with E-state index >= 15 is 0 Å². The van der Waals surface area contributed by atoms with Gasteiger partial charge < -0.3 is 15.2 Å². The summed E-state index contributed by atoms with van der Waals surface area (Å²) in [5, 5.41) is 14.5. The largest absolute Gasteiger partial charge is 0.416 e. The molecule has 0 fully saturated rings. The van der Waals surface area contributed by atoms with E-state index in [0.717, 1.165) is 30.8 Å². The zero-order valence-electron chi connectivity index (χ0n) is 17.9. The minimum atomic E-state index is -4.37. The van der Waals surface area contributed by atoms with E-state index in [9.17, 15) is 13.2 Å². The fourth-order valence-electron chi connectivity index (χ4n) is 3.19. The van der Waals surface area contributed by atoms with Crippen molar-refractivity contribution in [1.82, 2.24) is 25.4 Å². The number of aryl methyl sites for hydroxylation is 1. The van der Waals surface area contributed by atoms with E-state index in [-0.39, 0.29) is 6.54 Å². The summed E-state index contributed by atoms with van der Waals surface area (Å²) in [4.78, 5) is 4.50. The first kappa shape index (κ1) is 23.3. The lowest BCUT2D eigenvalue weighted by molar-refractivity contribution is -0.137. The van der Waals surface area contributed by atoms with Gasteiger partial charge in [0.05, 0.1) is 12.1 Å². The summed E-state index contributed by atoms with van der Waals surface area (Å²) >= 11 is 0. The Morgan fingerprint density at radius 2 is 1.75 bits per heavy atom. The van der Waals surface area contributed by atoms with Crippen molar-refractivity contribution in [3.8, 4) is 0 Å². The molecule has 1 aromatic heterocycles. The molecule has 2 aromatic carbocycles. The maximum absolute atomic E-state index is 13.0. The van der Waals surface area contributed by atoms with Crippen LogP contribution < -0.4 is 10.6 Å². The smallest absolute Gasteiger partial charge is 0.356 e. The van der Waals surface area contributed by atoms with Crippen LogP contribution in [-0.2, 0) is 32.1 Å². The number of benzene rings is 2. The minimum absolute atomic E-state index is 0.136. The molecule has 3 aromatic rings. The van der Waals surface area contributed by atoms with E-state index < -0.39 is 11.7 Å². The summed E-state index contributed by atoms with van der Waals surface area (Å²) in [6, 6.07) is 15.3. The zero-order chi connectivity index (χ0) is 22.8. The van der Waals surface area contributed by atoms with Gasteiger partial charge >= 0.3 is 6.18 Å². The second-order valence-corrected chi connectivity index (χ2v) is 7.25. The fourth-order valence-corrected chi connectivity index (χ4v) is 3.19. The molecule has 6 nitrogen and oxygen atoms in total. The first-order valence-corrected chi connectivity index (χ1v) is 10.5. The summed E-state index contributed by atoms with van der Waals surface area (Å²) in [5.41, 5.74) is 1.02. The van der Waals surface area contributed by atoms with Gasteiger partial charge in [0.25, 0.3) is 0 Å². The monoisotopic (exact) mass is 444 g/mol. The molecule has 0 saturated carbocycles. The molecule has 0 aliphatic heterocycles. The van der Waals surface area contributed by atoms with Crippen molar-refractivity contribution in [1.29, 1.82) is 0 Å². The van der Waals surface area contributed by atoms with E-state index in [1.165, 1.54) is 11.6 Å². The highest BCUT2D eigenvalue weighted by molar-refractivity contribution is 5.79. The Hall–Kier alpha value is -3.36. The van der Waals surface area contributed by atoms with Crippen molar-refractivity contribution in [3.05, 3.63) is 83.4 Å². The number of aromatic nitrogens is 3. The van der Waals surface area contributed by atoms with Crippen LogP contribution in [0, 0.1) is 0 Å². The molecule has 0 radical (unpaired) electrons. The Kier molecular flexibility index (Phi) is 8.24. The van der Waals surface area contributed by atoms with Crippen molar-refractivity contribution in [2.24, 2.45) is 4.99 Å². The van der Waals surface area contributed by atoms with Gasteiger partial charge in [0, 0.05) is 26.1 Å². The van der Waals surface area contributed by atoms with Crippen molar-refractivity contribution >= 4 is 5.96 Å². The first-order chi connectivity index (χ1) is 15.5. The minimum Gasteiger partial charge on any atom is -0.356 e. The SMILES string of the molecule is CCc1nncn1CCNC(=NCc1cccc(C(F)(F)F)c1)NCCc1ccccc1. The van der Waals surface area contributed by atoms with Gasteiger partial charge in [-0.3, -0.25) is 0 Å². The topological polar surface area (TPSA) is 67.1 Å². The molecule has 0 bridgehead atoms. The van der Waals surface area contributed by atoms with Gasteiger partial charge in [0.15, 0.2) is 5.96 Å². The number of nitrogens with zero attached hydrogens (tertiary/aromatic N) is 4. The second kappa shape index (κ2) is 11.3. The Balaban J connectivity index is 1.63. The highest BCUT2D eigenvalue weighted by Gasteiger charge is 2.30. The summed E-state index contributed by atoms with van der Waals surface area (Å²) in [6.45, 7) is 4.02. The molecule has 0 atom stereocenters. The highest BCUT2D eigenvalue weighted by atomic mass is 19.4. The van der Waals surface area contributed by atoms with E-state index in [1.54, 1.807) is 12.4 Å². The molecule has 0 aliphatic carbocycles. The molecule has 0 unspecified atom stereocenters. The van der Waals surface area contributed by atoms with Crippen LogP contribution in [0.5, 0.6) is 0 Å². The lowest BCUT2D eigenvalue weighted by Crippen LogP contribution is -2.40. The van der Waals surface area contributed by atoms with Crippen LogP contribution in [0.25, 0.3) is 0 Å². The van der Waals surface area contributed by atoms with E-state index in [0.29, 0.717) is 31.2 Å². The normalized spacial score (nSPS) is 12.1. The number of alkyl halides is 3. The standard InChI is InChI=1S/C23H27F3N6/c1-2-21-31-30-17-32(21)14-13-28-22(27-12-11-18-7-4-3-5-8-18)29-16-19-9-6-10-20(15-19)23(24,25)26/h3-10,15,17H,2,11-14,16H2,1H3,(H2,27,28,29). The Bertz CT molecular complexity index is 998. The van der Waals surface area contributed by atoms with Crippen LogP contribution >= 0.6 is 0 Å². The third kappa shape index (κ3) is 7.11. The average Bonchev–Trinajstić information content (AvgIpc) is 3.25. The highest BCUT2D eigenvalue weighted by Crippen LogP contribution is 2.29. The Labute approximate surface area is 185 Å². The van der Waals surface area contributed by atoms with Gasteiger partial charge in [-0.25, -0.2) is 4.99 Å². The molecule has 2 N–H and O–H groups in total. The molecule has 0 aliphatic rings. The molecular formula is C23H27F3N6. The number of hydrogen-bond donors (Lipinski definition) is 2. The van der Waals surface area contributed by atoms with E-state index in [4.69, 9.17) is 0 Å². The molecule has 9 heteroatoms. The van der Waals surface area contributed by atoms with Gasteiger partial charge in [-0.15, -0.1) is 10.2 Å². The Morgan fingerprint density at radius 1 is 1.00 bits per heavy atom. The number of rotatable bonds is 9. The molecule has 0 saturated heterocycles. The van der Waals surface area contributed by atoms with Crippen molar-refractivity contribution < 1.29 is 13.2 Å². The molecule has 1 heterocycles. The number of hydrogen-bond acceptors (Lipinski definition) is 3. The summed E-state index contributed by atoms with van der Waals surface area (Å²) in [5.74, 6) is 1.44. The maximum atomic E-state index is 13.0. The Morgan fingerprint density at radius 3 is 2.50 bits per heavy atom. The third-order valence-electron chi connectivity index (χ3n) is 4.88. The van der Waals surface area contributed by atoms with Crippen molar-refractivity contribution in [2.75, 3.05) is 13.1 Å². The third-order valence-corrected chi connectivity index (χ3v) is 4.88. The predicted molar refractivity (Wildman–Crippen MR) is 118 cm³/mol. The van der Waals surface area contributed by atoms with E-state index in [1.807, 2.05) is 41.8 Å². The predicted octanol–water partition coefficient (Wildman–Crippen LogP) is 3.84. The maximum Gasteiger partial charge on any atom is 0.416 e. The average molecular weight is 445 g/mol. The van der Waals surface area contributed by atoms with Gasteiger partial charge in [-0.1, -0.05) is 49.4 Å². The summed E-state index contributed by atoms with van der Waals surface area (Å²) in [6.07, 6.45) is -1.10. The van der Waals surface area contributed by atoms with Crippen LogP contribution in [0.3, 0.4) is 0 Å². The van der Waals surface area contributed by atoms with Crippen molar-refractivity contribution in [3.63, 3.8) is 0 Å². The lowest BCUT2D eigenvalue weighted by Gasteiger charge is -2.14. The second-order valence-electron chi connectivity index (χ2n) is 7.25. The quantitative estimate of drug-likeness (QED) is 0.389. The number of guanidine groups is 1. The summed E-state index contributed by atoms with van der Waals surface area (Å²) < 4.78 is 40.9. The molecule has 3 rings (SSSR count). The lowest BCUT2D eigenvalue weighted by atomic mass is 10.1. The molecule has 32 heavy (non-hydrogen) atoms. The van der Waals surface area contributed by atoms with E-state index in [2.05, 4.69) is 25.8 Å². The molecular weight excluding hydrogens is 417 g/mol. The number of aliphatic imine (C=N–C) groups is 1. The van der Waals surface area contributed by atoms with Gasteiger partial charge in [-0.2, -0.15) is 13.2 Å².